The number of amides is 1. The molecule has 1 aromatic carbocycles. The molecule has 42 heavy (non-hydrogen) atoms. The second kappa shape index (κ2) is 11.4. The van der Waals surface area contributed by atoms with E-state index in [1.807, 2.05) is 20.8 Å². The summed E-state index contributed by atoms with van der Waals surface area (Å²) in [7, 11) is -8.58. The first kappa shape index (κ1) is 33.2. The van der Waals surface area contributed by atoms with Crippen LogP contribution in [0.3, 0.4) is 0 Å². The highest BCUT2D eigenvalue weighted by molar-refractivity contribution is 7.87. The van der Waals surface area contributed by atoms with Crippen molar-refractivity contribution in [3.8, 4) is 0 Å². The van der Waals surface area contributed by atoms with Gasteiger partial charge in [-0.15, -0.1) is 0 Å². The highest BCUT2D eigenvalue weighted by Gasteiger charge is 2.70. The molecule has 12 nitrogen and oxygen atoms in total. The largest absolute Gasteiger partial charge is 0.534 e. The highest BCUT2D eigenvalue weighted by Crippen LogP contribution is 2.56. The summed E-state index contributed by atoms with van der Waals surface area (Å²) in [6.07, 6.45) is -0.766. The van der Waals surface area contributed by atoms with Gasteiger partial charge in [0.1, 0.15) is 0 Å². The highest BCUT2D eigenvalue weighted by atomic mass is 32.2. The zero-order valence-electron chi connectivity index (χ0n) is 23.7. The maximum Gasteiger partial charge on any atom is 0.534 e. The van der Waals surface area contributed by atoms with Crippen molar-refractivity contribution in [3.63, 3.8) is 0 Å². The van der Waals surface area contributed by atoms with Crippen molar-refractivity contribution >= 4 is 42.0 Å². The Morgan fingerprint density at radius 1 is 1.12 bits per heavy atom. The molecule has 232 valence electrons. The summed E-state index contributed by atoms with van der Waals surface area (Å²) in [6, 6.07) is 5.00. The van der Waals surface area contributed by atoms with Gasteiger partial charge in [-0.2, -0.15) is 21.6 Å². The lowest BCUT2D eigenvalue weighted by atomic mass is 9.65. The Morgan fingerprint density at radius 3 is 2.10 bits per heavy atom. The molecule has 0 radical (unpaired) electrons. The van der Waals surface area contributed by atoms with Crippen LogP contribution in [0.2, 0.25) is 18.1 Å². The summed E-state index contributed by atoms with van der Waals surface area (Å²) in [5.41, 5.74) is -8.92. The number of carbonyl (C=O) groups is 3. The van der Waals surface area contributed by atoms with Crippen LogP contribution in [0, 0.1) is 21.4 Å². The number of hydrogen-bond donors (Lipinski definition) is 0. The molecule has 2 heterocycles. The lowest BCUT2D eigenvalue weighted by Crippen LogP contribution is -2.72. The molecule has 0 spiro atoms. The molecule has 0 aliphatic carbocycles. The number of fused-ring (bicyclic) bond motifs is 1. The molecule has 1 aromatic rings. The predicted molar refractivity (Wildman–Crippen MR) is 142 cm³/mol. The molecule has 0 N–H and O–H groups in total. The number of alkyl halides is 3. The smallest absolute Gasteiger partial charge is 0.413 e. The normalized spacial score (nSPS) is 23.3. The van der Waals surface area contributed by atoms with Crippen molar-refractivity contribution in [1.82, 2.24) is 4.90 Å². The van der Waals surface area contributed by atoms with E-state index in [0.29, 0.717) is 0 Å². The number of nitro benzene ring substituents is 1. The number of nitro groups is 1. The summed E-state index contributed by atoms with van der Waals surface area (Å²) >= 11 is 0. The number of benzene rings is 1. The van der Waals surface area contributed by atoms with Crippen LogP contribution < -0.4 is 0 Å². The Balaban J connectivity index is 2.02. The lowest BCUT2D eigenvalue weighted by molar-refractivity contribution is -0.384. The monoisotopic (exact) mass is 636 g/mol. The van der Waals surface area contributed by atoms with E-state index in [1.54, 1.807) is 6.92 Å². The van der Waals surface area contributed by atoms with Crippen LogP contribution in [0.5, 0.6) is 0 Å². The molecular weight excluding hydrogens is 605 g/mol. The van der Waals surface area contributed by atoms with E-state index in [0.717, 1.165) is 47.3 Å². The van der Waals surface area contributed by atoms with Crippen molar-refractivity contribution in [2.75, 3.05) is 0 Å². The van der Waals surface area contributed by atoms with Crippen LogP contribution in [0.25, 0.3) is 0 Å². The number of non-ortho nitro benzene ring substituents is 1. The summed E-state index contributed by atoms with van der Waals surface area (Å²) in [6.45, 7) is 10.3. The molecule has 3 rings (SSSR count). The first-order valence-electron chi connectivity index (χ1n) is 13.1. The SMILES string of the molecule is CC[Si](CC)(CC)OC(C)[C@@]1(C)C(=O)N2C(C(=O)OC(=O)c3ccc([N+](=O)[O-])cc3)=C(OS(=O)(=O)C(F)(F)F)[C@H](C)[C@@H]21. The number of esters is 2. The van der Waals surface area contributed by atoms with E-state index >= 15 is 0 Å². The third-order valence-corrected chi connectivity index (χ3v) is 14.0. The third kappa shape index (κ3) is 5.44. The van der Waals surface area contributed by atoms with E-state index in [9.17, 15) is 46.1 Å². The average Bonchev–Trinajstić information content (AvgIpc) is 3.19. The van der Waals surface area contributed by atoms with Gasteiger partial charge in [-0.25, -0.2) is 9.59 Å². The second-order valence-electron chi connectivity index (χ2n) is 10.4. The maximum absolute atomic E-state index is 13.6. The second-order valence-corrected chi connectivity index (χ2v) is 16.6. The molecule has 0 saturated carbocycles. The van der Waals surface area contributed by atoms with E-state index < -0.39 is 81.6 Å². The minimum absolute atomic E-state index is 0.329. The maximum atomic E-state index is 13.6. The number of rotatable bonds is 11. The van der Waals surface area contributed by atoms with Crippen LogP contribution in [-0.4, -0.2) is 62.1 Å². The molecule has 0 bridgehead atoms. The number of ether oxygens (including phenoxy) is 1. The van der Waals surface area contributed by atoms with Crippen molar-refractivity contribution < 1.29 is 54.2 Å². The van der Waals surface area contributed by atoms with E-state index in [2.05, 4.69) is 4.18 Å². The van der Waals surface area contributed by atoms with Gasteiger partial charge in [0, 0.05) is 18.1 Å². The molecule has 2 aliphatic rings. The topological polar surface area (TPSA) is 159 Å². The van der Waals surface area contributed by atoms with Gasteiger partial charge in [0.15, 0.2) is 19.8 Å². The van der Waals surface area contributed by atoms with E-state index in [-0.39, 0.29) is 11.3 Å². The number of hydrogen-bond acceptors (Lipinski definition) is 10. The van der Waals surface area contributed by atoms with Gasteiger partial charge in [0.05, 0.1) is 28.0 Å². The van der Waals surface area contributed by atoms with E-state index in [4.69, 9.17) is 9.16 Å². The predicted octanol–water partition coefficient (Wildman–Crippen LogP) is 4.63. The summed E-state index contributed by atoms with van der Waals surface area (Å²) in [4.78, 5) is 50.3. The first-order valence-corrected chi connectivity index (χ1v) is 17.0. The Labute approximate surface area is 241 Å². The zero-order valence-corrected chi connectivity index (χ0v) is 25.5. The standard InChI is InChI=1S/C25H31F3N2O10SSi/c1-7-42(8-2,9-3)40-15(5)24(6)20-14(4)19(39-41(36,37)25(26,27)28)18(29(20)23(24)33)22(32)38-21(31)16-10-12-17(13-11-16)30(34)35/h10-15,20H,7-9H2,1-6H3/t14-,15?,20+,24+/m0/s1. The van der Waals surface area contributed by atoms with Gasteiger partial charge in [-0.3, -0.25) is 19.8 Å². The fourth-order valence-corrected chi connectivity index (χ4v) is 9.03. The summed E-state index contributed by atoms with van der Waals surface area (Å²) in [5.74, 6) is -6.00. The minimum Gasteiger partial charge on any atom is -0.413 e. The fourth-order valence-electron chi connectivity index (χ4n) is 5.48. The van der Waals surface area contributed by atoms with Crippen molar-refractivity contribution in [1.29, 1.82) is 0 Å². The molecule has 0 aromatic heterocycles. The van der Waals surface area contributed by atoms with Crippen molar-refractivity contribution in [2.24, 2.45) is 11.3 Å². The molecule has 1 fully saturated rings. The molecule has 1 unspecified atom stereocenters. The fraction of sp³-hybridized carbons (Fsp3) is 0.560. The lowest BCUT2D eigenvalue weighted by Gasteiger charge is -2.56. The molecule has 1 amide bonds. The zero-order chi connectivity index (χ0) is 32.0. The Bertz CT molecular complexity index is 1420. The number of carbonyl (C=O) groups excluding carboxylic acids is 3. The van der Waals surface area contributed by atoms with Crippen LogP contribution >= 0.6 is 0 Å². The average molecular weight is 637 g/mol. The summed E-state index contributed by atoms with van der Waals surface area (Å²) in [5, 5.41) is 10.9. The van der Waals surface area contributed by atoms with Crippen LogP contribution in [-0.2, 0) is 33.1 Å². The van der Waals surface area contributed by atoms with Gasteiger partial charge < -0.3 is 13.3 Å². The van der Waals surface area contributed by atoms with Gasteiger partial charge in [-0.1, -0.05) is 27.7 Å². The van der Waals surface area contributed by atoms with Crippen molar-refractivity contribution in [2.45, 2.75) is 77.3 Å². The minimum atomic E-state index is -6.29. The summed E-state index contributed by atoms with van der Waals surface area (Å²) < 4.78 is 79.5. The number of halogens is 3. The van der Waals surface area contributed by atoms with E-state index in [1.165, 1.54) is 13.8 Å². The Morgan fingerprint density at radius 2 is 1.64 bits per heavy atom. The number of nitrogens with zero attached hydrogens (tertiary/aromatic N) is 2. The van der Waals surface area contributed by atoms with Crippen LogP contribution in [0.1, 0.15) is 51.9 Å². The first-order chi connectivity index (χ1) is 19.3. The molecule has 17 heteroatoms. The van der Waals surface area contributed by atoms with Crippen molar-refractivity contribution in [3.05, 3.63) is 51.4 Å². The quantitative estimate of drug-likeness (QED) is 0.0490. The molecule has 4 atom stereocenters. The number of β-lactam (4-membered cyclic amide) rings is 1. The van der Waals surface area contributed by atoms with Gasteiger partial charge in [-0.05, 0) is 44.1 Å². The van der Waals surface area contributed by atoms with Gasteiger partial charge >= 0.3 is 27.6 Å². The molecular formula is C25H31F3N2O10SSi. The molecule has 2 aliphatic heterocycles. The van der Waals surface area contributed by atoms with Crippen LogP contribution in [0.4, 0.5) is 18.9 Å². The van der Waals surface area contributed by atoms with Crippen LogP contribution in [0.15, 0.2) is 35.7 Å². The molecule has 1 saturated heterocycles. The van der Waals surface area contributed by atoms with Gasteiger partial charge in [0.2, 0.25) is 5.91 Å². The Kier molecular flexibility index (Phi) is 9.01. The Hall–Kier alpha value is -3.31. The van der Waals surface area contributed by atoms with Gasteiger partial charge in [0.25, 0.3) is 5.69 Å². The third-order valence-electron chi connectivity index (χ3n) is 8.31.